The fourth-order valence-corrected chi connectivity index (χ4v) is 4.45. The second kappa shape index (κ2) is 8.12. The van der Waals surface area contributed by atoms with Gasteiger partial charge in [-0.1, -0.05) is 43.4 Å². The van der Waals surface area contributed by atoms with Gasteiger partial charge < -0.3 is 5.32 Å². The molecule has 0 atom stereocenters. The van der Waals surface area contributed by atoms with E-state index in [9.17, 15) is 13.2 Å². The first-order valence-corrected chi connectivity index (χ1v) is 10.5. The van der Waals surface area contributed by atoms with Crippen molar-refractivity contribution in [3.63, 3.8) is 0 Å². The highest BCUT2D eigenvalue weighted by molar-refractivity contribution is 7.88. The van der Waals surface area contributed by atoms with Gasteiger partial charge in [0, 0.05) is 11.7 Å². The fourth-order valence-electron chi connectivity index (χ4n) is 3.35. The summed E-state index contributed by atoms with van der Waals surface area (Å²) in [7, 11) is -3.41. The molecule has 0 unspecified atom stereocenters. The molecule has 0 radical (unpaired) electrons. The van der Waals surface area contributed by atoms with Crippen molar-refractivity contribution in [2.24, 2.45) is 0 Å². The van der Waals surface area contributed by atoms with Gasteiger partial charge in [-0.25, -0.2) is 8.42 Å². The summed E-state index contributed by atoms with van der Waals surface area (Å²) in [5.41, 5.74) is 2.84. The van der Waals surface area contributed by atoms with Crippen LogP contribution in [0.2, 0.25) is 0 Å². The number of hydrogen-bond donors (Lipinski definition) is 1. The standard InChI is InChI=1S/C18H28N2O3S/c1-14-10-11-17(15(2)12-14)19-18(21)13-20(24(3,22)23)16-8-6-4-5-7-9-16/h10-12,16H,4-9,13H2,1-3H3,(H,19,21). The molecule has 2 rings (SSSR count). The first-order valence-electron chi connectivity index (χ1n) is 8.61. The van der Waals surface area contributed by atoms with E-state index in [1.807, 2.05) is 32.0 Å². The van der Waals surface area contributed by atoms with Crippen molar-refractivity contribution in [3.8, 4) is 0 Å². The predicted octanol–water partition coefficient (Wildman–Crippen LogP) is 3.23. The predicted molar refractivity (Wildman–Crippen MR) is 97.6 cm³/mol. The highest BCUT2D eigenvalue weighted by atomic mass is 32.2. The Kier molecular flexibility index (Phi) is 6.40. The number of hydrogen-bond acceptors (Lipinski definition) is 3. The molecule has 24 heavy (non-hydrogen) atoms. The topological polar surface area (TPSA) is 66.5 Å². The van der Waals surface area contributed by atoms with E-state index in [2.05, 4.69) is 5.32 Å². The molecular weight excluding hydrogens is 324 g/mol. The molecule has 1 aliphatic rings. The molecule has 1 aromatic rings. The van der Waals surface area contributed by atoms with Crippen molar-refractivity contribution in [2.45, 2.75) is 58.4 Å². The summed E-state index contributed by atoms with van der Waals surface area (Å²) in [6, 6.07) is 5.73. The zero-order valence-electron chi connectivity index (χ0n) is 14.8. The monoisotopic (exact) mass is 352 g/mol. The molecule has 1 saturated carbocycles. The van der Waals surface area contributed by atoms with Crippen LogP contribution in [0.3, 0.4) is 0 Å². The molecule has 0 spiro atoms. The van der Waals surface area contributed by atoms with E-state index < -0.39 is 10.0 Å². The number of rotatable bonds is 5. The van der Waals surface area contributed by atoms with E-state index in [1.54, 1.807) is 0 Å². The molecule has 0 heterocycles. The lowest BCUT2D eigenvalue weighted by Gasteiger charge is -2.28. The van der Waals surface area contributed by atoms with Crippen LogP contribution >= 0.6 is 0 Å². The third-order valence-electron chi connectivity index (χ3n) is 4.61. The molecule has 1 amide bonds. The van der Waals surface area contributed by atoms with Crippen LogP contribution in [0.5, 0.6) is 0 Å². The van der Waals surface area contributed by atoms with Crippen molar-refractivity contribution in [2.75, 3.05) is 18.1 Å². The van der Waals surface area contributed by atoms with Gasteiger partial charge in [-0.05, 0) is 38.3 Å². The fraction of sp³-hybridized carbons (Fsp3) is 0.611. The van der Waals surface area contributed by atoms with Gasteiger partial charge in [-0.15, -0.1) is 0 Å². The minimum absolute atomic E-state index is 0.0626. The number of nitrogens with one attached hydrogen (secondary N) is 1. The average molecular weight is 353 g/mol. The van der Waals surface area contributed by atoms with Gasteiger partial charge in [0.25, 0.3) is 0 Å². The maximum atomic E-state index is 12.4. The number of benzene rings is 1. The van der Waals surface area contributed by atoms with Crippen LogP contribution in [0.15, 0.2) is 18.2 Å². The number of aryl methyl sites for hydroxylation is 2. The van der Waals surface area contributed by atoms with E-state index in [0.29, 0.717) is 0 Å². The van der Waals surface area contributed by atoms with Crippen LogP contribution in [0, 0.1) is 13.8 Å². The SMILES string of the molecule is Cc1ccc(NC(=O)CN(C2CCCCCC2)S(C)(=O)=O)c(C)c1. The Bertz CT molecular complexity index is 678. The smallest absolute Gasteiger partial charge is 0.239 e. The second-order valence-corrected chi connectivity index (χ2v) is 8.76. The van der Waals surface area contributed by atoms with Crippen molar-refractivity contribution >= 4 is 21.6 Å². The minimum Gasteiger partial charge on any atom is -0.325 e. The van der Waals surface area contributed by atoms with Crippen LogP contribution in [0.4, 0.5) is 5.69 Å². The van der Waals surface area contributed by atoms with Crippen LogP contribution in [0.1, 0.15) is 49.7 Å². The first-order chi connectivity index (χ1) is 11.3. The number of amides is 1. The third kappa shape index (κ3) is 5.31. The molecular formula is C18H28N2O3S. The number of carbonyl (C=O) groups excluding carboxylic acids is 1. The van der Waals surface area contributed by atoms with Gasteiger partial charge in [0.1, 0.15) is 0 Å². The molecule has 0 aliphatic heterocycles. The van der Waals surface area contributed by atoms with E-state index in [4.69, 9.17) is 0 Å². The maximum absolute atomic E-state index is 12.4. The Balaban J connectivity index is 2.09. The summed E-state index contributed by atoms with van der Waals surface area (Å²) in [5.74, 6) is -0.281. The largest absolute Gasteiger partial charge is 0.325 e. The summed E-state index contributed by atoms with van der Waals surface area (Å²) in [4.78, 5) is 12.4. The lowest BCUT2D eigenvalue weighted by Crippen LogP contribution is -2.44. The van der Waals surface area contributed by atoms with Crippen molar-refractivity contribution < 1.29 is 13.2 Å². The van der Waals surface area contributed by atoms with Crippen molar-refractivity contribution in [1.29, 1.82) is 0 Å². The summed E-state index contributed by atoms with van der Waals surface area (Å²) in [6.45, 7) is 3.81. The van der Waals surface area contributed by atoms with E-state index in [1.165, 1.54) is 10.6 Å². The molecule has 1 aliphatic carbocycles. The van der Waals surface area contributed by atoms with E-state index in [0.717, 1.165) is 55.3 Å². The number of nitrogens with zero attached hydrogens (tertiary/aromatic N) is 1. The van der Waals surface area contributed by atoms with Gasteiger partial charge in [-0.3, -0.25) is 4.79 Å². The first kappa shape index (κ1) is 18.9. The van der Waals surface area contributed by atoms with Crippen molar-refractivity contribution in [3.05, 3.63) is 29.3 Å². The minimum atomic E-state index is -3.41. The quantitative estimate of drug-likeness (QED) is 0.827. The van der Waals surface area contributed by atoms with Crippen molar-refractivity contribution in [1.82, 2.24) is 4.31 Å². The normalized spacial score (nSPS) is 16.8. The highest BCUT2D eigenvalue weighted by Crippen LogP contribution is 2.24. The van der Waals surface area contributed by atoms with E-state index in [-0.39, 0.29) is 18.5 Å². The Morgan fingerprint density at radius 2 is 1.79 bits per heavy atom. The maximum Gasteiger partial charge on any atom is 0.239 e. The van der Waals surface area contributed by atoms with E-state index >= 15 is 0 Å². The second-order valence-electron chi connectivity index (χ2n) is 6.82. The molecule has 0 aromatic heterocycles. The van der Waals surface area contributed by atoms with Crippen LogP contribution in [-0.2, 0) is 14.8 Å². The summed E-state index contributed by atoms with van der Waals surface area (Å²) in [5, 5.41) is 2.85. The lowest BCUT2D eigenvalue weighted by atomic mass is 10.1. The molecule has 1 fully saturated rings. The van der Waals surface area contributed by atoms with Crippen LogP contribution < -0.4 is 5.32 Å². The number of sulfonamides is 1. The lowest BCUT2D eigenvalue weighted by molar-refractivity contribution is -0.116. The number of anilines is 1. The molecule has 1 N–H and O–H groups in total. The van der Waals surface area contributed by atoms with Gasteiger partial charge in [0.2, 0.25) is 15.9 Å². The van der Waals surface area contributed by atoms with Gasteiger partial charge in [0.15, 0.2) is 0 Å². The van der Waals surface area contributed by atoms with Crippen LogP contribution in [0.25, 0.3) is 0 Å². The Hall–Kier alpha value is -1.40. The summed E-state index contributed by atoms with van der Waals surface area (Å²) < 4.78 is 25.8. The number of carbonyl (C=O) groups is 1. The molecule has 134 valence electrons. The highest BCUT2D eigenvalue weighted by Gasteiger charge is 2.29. The molecule has 5 nitrogen and oxygen atoms in total. The van der Waals surface area contributed by atoms with Gasteiger partial charge in [0.05, 0.1) is 12.8 Å². The third-order valence-corrected chi connectivity index (χ3v) is 5.89. The molecule has 0 bridgehead atoms. The van der Waals surface area contributed by atoms with Gasteiger partial charge >= 0.3 is 0 Å². The average Bonchev–Trinajstić information content (AvgIpc) is 2.75. The Morgan fingerprint density at radius 1 is 1.17 bits per heavy atom. The molecule has 1 aromatic carbocycles. The summed E-state index contributed by atoms with van der Waals surface area (Å²) in [6.07, 6.45) is 7.20. The molecule has 6 heteroatoms. The summed E-state index contributed by atoms with van der Waals surface area (Å²) >= 11 is 0. The Labute approximate surface area is 145 Å². The van der Waals surface area contributed by atoms with Crippen LogP contribution in [-0.4, -0.2) is 37.5 Å². The van der Waals surface area contributed by atoms with Gasteiger partial charge in [-0.2, -0.15) is 4.31 Å². The zero-order valence-corrected chi connectivity index (χ0v) is 15.7. The Morgan fingerprint density at radius 3 is 2.33 bits per heavy atom. The molecule has 0 saturated heterocycles. The zero-order chi connectivity index (χ0) is 17.7.